The Morgan fingerprint density at radius 1 is 1.03 bits per heavy atom. The zero-order valence-corrected chi connectivity index (χ0v) is 22.2. The number of nitrogens with one attached hydrogen (secondary N) is 1. The van der Waals surface area contributed by atoms with E-state index in [0.29, 0.717) is 22.9 Å². The van der Waals surface area contributed by atoms with Crippen molar-refractivity contribution in [1.29, 1.82) is 0 Å². The highest BCUT2D eigenvalue weighted by atomic mass is 32.2. The Labute approximate surface area is 218 Å². The Morgan fingerprint density at radius 3 is 2.46 bits per heavy atom. The van der Waals surface area contributed by atoms with Crippen LogP contribution in [0.15, 0.2) is 77.7 Å². The third kappa shape index (κ3) is 5.99. The van der Waals surface area contributed by atoms with Gasteiger partial charge in [-0.1, -0.05) is 51.1 Å². The second-order valence-electron chi connectivity index (χ2n) is 9.71. The minimum atomic E-state index is -3.94. The number of carbonyl (C=O) groups is 1. The van der Waals surface area contributed by atoms with E-state index < -0.39 is 22.0 Å². The lowest BCUT2D eigenvalue weighted by Crippen LogP contribution is -2.51. The maximum absolute atomic E-state index is 13.7. The van der Waals surface area contributed by atoms with Gasteiger partial charge >= 0.3 is 0 Å². The van der Waals surface area contributed by atoms with Gasteiger partial charge in [0, 0.05) is 6.07 Å². The maximum Gasteiger partial charge on any atom is 0.264 e. The Hall–Kier alpha value is -3.72. The maximum atomic E-state index is 13.7. The number of ether oxygens (including phenoxy) is 3. The van der Waals surface area contributed by atoms with Crippen LogP contribution in [-0.2, 0) is 20.2 Å². The predicted octanol–water partition coefficient (Wildman–Crippen LogP) is 4.14. The number of hydrogen-bond acceptors (Lipinski definition) is 6. The van der Waals surface area contributed by atoms with Crippen LogP contribution in [0.5, 0.6) is 17.2 Å². The van der Waals surface area contributed by atoms with Crippen LogP contribution in [0.3, 0.4) is 0 Å². The molecule has 1 heterocycles. The molecule has 3 aromatic carbocycles. The van der Waals surface area contributed by atoms with E-state index in [2.05, 4.69) is 26.1 Å². The molecule has 0 aliphatic carbocycles. The summed E-state index contributed by atoms with van der Waals surface area (Å²) in [7, 11) is -2.36. The Balaban J connectivity index is 1.52. The van der Waals surface area contributed by atoms with Crippen molar-refractivity contribution in [2.24, 2.45) is 0 Å². The number of nitrogens with zero attached hydrogens (tertiary/aromatic N) is 1. The number of carbonyl (C=O) groups excluding carboxylic acids is 1. The fourth-order valence-corrected chi connectivity index (χ4v) is 5.44. The van der Waals surface area contributed by atoms with Crippen molar-refractivity contribution in [3.05, 3.63) is 78.4 Å². The molecule has 8 nitrogen and oxygen atoms in total. The summed E-state index contributed by atoms with van der Waals surface area (Å²) in [5.41, 5.74) is 1.18. The number of hydrogen-bond donors (Lipinski definition) is 1. The van der Waals surface area contributed by atoms with Crippen LogP contribution < -0.4 is 23.8 Å². The quantitative estimate of drug-likeness (QED) is 0.445. The number of fused-ring (bicyclic) bond motifs is 1. The first-order valence-electron chi connectivity index (χ1n) is 12.0. The lowest BCUT2D eigenvalue weighted by molar-refractivity contribution is -0.127. The second kappa shape index (κ2) is 10.7. The van der Waals surface area contributed by atoms with Crippen LogP contribution >= 0.6 is 0 Å². The van der Waals surface area contributed by atoms with Crippen molar-refractivity contribution in [2.45, 2.75) is 37.2 Å². The van der Waals surface area contributed by atoms with Gasteiger partial charge in [0.1, 0.15) is 23.9 Å². The van der Waals surface area contributed by atoms with Gasteiger partial charge in [0.25, 0.3) is 15.9 Å². The molecule has 0 fully saturated rings. The van der Waals surface area contributed by atoms with Crippen molar-refractivity contribution >= 4 is 21.6 Å². The molecule has 37 heavy (non-hydrogen) atoms. The highest BCUT2D eigenvalue weighted by Gasteiger charge is 2.38. The van der Waals surface area contributed by atoms with Gasteiger partial charge in [0.2, 0.25) is 0 Å². The molecule has 1 amide bonds. The molecule has 1 N–H and O–H groups in total. The molecule has 0 unspecified atom stereocenters. The van der Waals surface area contributed by atoms with E-state index in [4.69, 9.17) is 14.2 Å². The normalized spacial score (nSPS) is 15.4. The topological polar surface area (TPSA) is 94.2 Å². The van der Waals surface area contributed by atoms with Gasteiger partial charge in [-0.2, -0.15) is 0 Å². The average molecular weight is 525 g/mol. The monoisotopic (exact) mass is 524 g/mol. The Morgan fingerprint density at radius 2 is 1.76 bits per heavy atom. The molecule has 196 valence electrons. The molecule has 1 aliphatic heterocycles. The van der Waals surface area contributed by atoms with Gasteiger partial charge in [0.15, 0.2) is 6.10 Å². The molecule has 0 aromatic heterocycles. The molecular formula is C28H32N2O6S. The molecule has 9 heteroatoms. The molecule has 1 aliphatic rings. The largest absolute Gasteiger partial charge is 0.497 e. The van der Waals surface area contributed by atoms with Gasteiger partial charge in [-0.05, 0) is 47.4 Å². The summed E-state index contributed by atoms with van der Waals surface area (Å²) < 4.78 is 45.4. The third-order valence-corrected chi connectivity index (χ3v) is 7.82. The highest BCUT2D eigenvalue weighted by molar-refractivity contribution is 7.92. The molecule has 4 rings (SSSR count). The number of sulfonamides is 1. The van der Waals surface area contributed by atoms with Crippen molar-refractivity contribution in [1.82, 2.24) is 5.32 Å². The molecule has 0 saturated carbocycles. The zero-order valence-electron chi connectivity index (χ0n) is 21.4. The Bertz CT molecular complexity index is 1350. The zero-order chi connectivity index (χ0) is 26.6. The van der Waals surface area contributed by atoms with Crippen LogP contribution in [-0.4, -0.2) is 47.2 Å². The molecule has 3 aromatic rings. The van der Waals surface area contributed by atoms with Crippen LogP contribution in [0, 0.1) is 0 Å². The number of methoxy groups -OCH3 is 1. The number of amides is 1. The van der Waals surface area contributed by atoms with E-state index >= 15 is 0 Å². The molecule has 0 bridgehead atoms. The summed E-state index contributed by atoms with van der Waals surface area (Å²) >= 11 is 0. The summed E-state index contributed by atoms with van der Waals surface area (Å²) in [5, 5.41) is 2.79. The first kappa shape index (κ1) is 26.3. The van der Waals surface area contributed by atoms with Gasteiger partial charge in [0.05, 0.1) is 30.8 Å². The van der Waals surface area contributed by atoms with Crippen LogP contribution in [0.2, 0.25) is 0 Å². The lowest BCUT2D eigenvalue weighted by atomic mass is 9.86. The predicted molar refractivity (Wildman–Crippen MR) is 142 cm³/mol. The molecule has 1 atom stereocenters. The van der Waals surface area contributed by atoms with E-state index in [1.165, 1.54) is 4.31 Å². The van der Waals surface area contributed by atoms with Crippen LogP contribution in [0.4, 0.5) is 5.69 Å². The lowest BCUT2D eigenvalue weighted by Gasteiger charge is -2.36. The fourth-order valence-electron chi connectivity index (χ4n) is 3.95. The summed E-state index contributed by atoms with van der Waals surface area (Å²) in [6.45, 7) is 6.45. The molecule has 0 spiro atoms. The number of benzene rings is 3. The summed E-state index contributed by atoms with van der Waals surface area (Å²) in [4.78, 5) is 13.2. The van der Waals surface area contributed by atoms with Crippen molar-refractivity contribution < 1.29 is 27.4 Å². The minimum absolute atomic E-state index is 0.148. The second-order valence-corrected chi connectivity index (χ2v) is 11.6. The van der Waals surface area contributed by atoms with Crippen LogP contribution in [0.25, 0.3) is 0 Å². The van der Waals surface area contributed by atoms with Gasteiger partial charge in [-0.25, -0.2) is 8.42 Å². The number of anilines is 1. The molecule has 0 saturated heterocycles. The summed E-state index contributed by atoms with van der Waals surface area (Å²) in [6, 6.07) is 20.8. The van der Waals surface area contributed by atoms with Gasteiger partial charge < -0.3 is 19.5 Å². The first-order valence-corrected chi connectivity index (χ1v) is 13.5. The average Bonchev–Trinajstić information content (AvgIpc) is 2.90. The summed E-state index contributed by atoms with van der Waals surface area (Å²) in [6.07, 6.45) is -1.02. The van der Waals surface area contributed by atoms with E-state index in [0.717, 1.165) is 5.56 Å². The van der Waals surface area contributed by atoms with E-state index in [9.17, 15) is 13.2 Å². The van der Waals surface area contributed by atoms with E-state index in [1.54, 1.807) is 55.6 Å². The van der Waals surface area contributed by atoms with Gasteiger partial charge in [-0.15, -0.1) is 0 Å². The highest BCUT2D eigenvalue weighted by Crippen LogP contribution is 2.40. The SMILES string of the molecule is COc1cccc(OCCNC(=O)[C@H]2CN(S(=O)(=O)c3ccccc3)c3cc(C(C)(C)C)ccc3O2)c1. The third-order valence-electron chi connectivity index (χ3n) is 6.03. The molecule has 0 radical (unpaired) electrons. The first-order chi connectivity index (χ1) is 17.6. The van der Waals surface area contributed by atoms with E-state index in [1.807, 2.05) is 24.3 Å². The molecular weight excluding hydrogens is 492 g/mol. The van der Waals surface area contributed by atoms with Crippen molar-refractivity contribution in [2.75, 3.05) is 31.1 Å². The van der Waals surface area contributed by atoms with E-state index in [-0.39, 0.29) is 30.0 Å². The van der Waals surface area contributed by atoms with Crippen molar-refractivity contribution in [3.8, 4) is 17.2 Å². The minimum Gasteiger partial charge on any atom is -0.497 e. The summed E-state index contributed by atoms with van der Waals surface area (Å²) in [5.74, 6) is 1.20. The van der Waals surface area contributed by atoms with Crippen molar-refractivity contribution in [3.63, 3.8) is 0 Å². The van der Waals surface area contributed by atoms with Gasteiger partial charge in [-0.3, -0.25) is 9.10 Å². The number of rotatable bonds is 8. The van der Waals surface area contributed by atoms with Crippen LogP contribution in [0.1, 0.15) is 26.3 Å². The fraction of sp³-hybridized carbons (Fsp3) is 0.321. The Kier molecular flexibility index (Phi) is 7.63. The standard InChI is InChI=1S/C28H32N2O6S/c1-28(2,3)20-13-14-25-24(17-20)30(37(32,33)23-11-6-5-7-12-23)19-26(36-25)27(31)29-15-16-35-22-10-8-9-21(18-22)34-4/h5-14,17-18,26H,15-16,19H2,1-4H3,(H,29,31)/t26-/m1/s1. The smallest absolute Gasteiger partial charge is 0.264 e.